The molecule has 0 radical (unpaired) electrons. The van der Waals surface area contributed by atoms with Gasteiger partial charge in [0.1, 0.15) is 0 Å². The quantitative estimate of drug-likeness (QED) is 0.374. The summed E-state index contributed by atoms with van der Waals surface area (Å²) in [5.41, 5.74) is 6.68. The van der Waals surface area contributed by atoms with Gasteiger partial charge in [-0.2, -0.15) is 0 Å². The molecule has 1 aliphatic carbocycles. The minimum Gasteiger partial charge on any atom is -0.357 e. The molecule has 1 heterocycles. The van der Waals surface area contributed by atoms with Gasteiger partial charge in [0.2, 0.25) is 5.91 Å². The highest BCUT2D eigenvalue weighted by Crippen LogP contribution is 2.47. The van der Waals surface area contributed by atoms with Crippen molar-refractivity contribution >= 4 is 23.1 Å². The summed E-state index contributed by atoms with van der Waals surface area (Å²) in [6.07, 6.45) is 4.56. The fourth-order valence-electron chi connectivity index (χ4n) is 5.54. The van der Waals surface area contributed by atoms with Crippen molar-refractivity contribution in [1.29, 1.82) is 0 Å². The molecule has 4 heteroatoms. The lowest BCUT2D eigenvalue weighted by Crippen LogP contribution is -2.38. The van der Waals surface area contributed by atoms with Gasteiger partial charge in [0.05, 0.1) is 17.4 Å². The van der Waals surface area contributed by atoms with Crippen LogP contribution in [0.2, 0.25) is 0 Å². The lowest BCUT2D eigenvalue weighted by Gasteiger charge is -2.35. The Balaban J connectivity index is 1.66. The fourth-order valence-corrected chi connectivity index (χ4v) is 5.54. The number of ketones is 1. The third kappa shape index (κ3) is 4.73. The van der Waals surface area contributed by atoms with Crippen molar-refractivity contribution in [1.82, 2.24) is 0 Å². The molecule has 0 bridgehead atoms. The summed E-state index contributed by atoms with van der Waals surface area (Å²) in [6.45, 7) is 4.20. The van der Waals surface area contributed by atoms with E-state index in [4.69, 9.17) is 0 Å². The second-order valence-electron chi connectivity index (χ2n) is 10.0. The molecule has 184 valence electrons. The van der Waals surface area contributed by atoms with E-state index in [9.17, 15) is 9.59 Å². The zero-order valence-electron chi connectivity index (χ0n) is 21.2. The maximum atomic E-state index is 14.0. The van der Waals surface area contributed by atoms with E-state index in [1.54, 1.807) is 0 Å². The normalized spacial score (nSPS) is 19.3. The zero-order valence-corrected chi connectivity index (χ0v) is 21.2. The number of amides is 1. The fraction of sp³-hybridized carbons (Fsp3) is 0.312. The SMILES string of the molecule is CCCCCC(=O)N1c2ccccc2NC2=C(C(=O)CC(c3ccccc3)C2)C1c1ccc(C)cc1. The van der Waals surface area contributed by atoms with Crippen LogP contribution >= 0.6 is 0 Å². The highest BCUT2D eigenvalue weighted by Gasteiger charge is 2.41. The van der Waals surface area contributed by atoms with Crippen LogP contribution in [-0.2, 0) is 9.59 Å². The predicted octanol–water partition coefficient (Wildman–Crippen LogP) is 7.48. The number of benzene rings is 3. The number of carbonyl (C=O) groups excluding carboxylic acids is 2. The van der Waals surface area contributed by atoms with Crippen LogP contribution in [0.4, 0.5) is 11.4 Å². The number of nitrogens with one attached hydrogen (secondary N) is 1. The van der Waals surface area contributed by atoms with E-state index in [1.165, 1.54) is 5.56 Å². The van der Waals surface area contributed by atoms with E-state index in [0.717, 1.165) is 59.5 Å². The first-order chi connectivity index (χ1) is 17.6. The predicted molar refractivity (Wildman–Crippen MR) is 146 cm³/mol. The summed E-state index contributed by atoms with van der Waals surface area (Å²) in [6, 6.07) is 26.1. The molecule has 3 aromatic rings. The molecule has 5 rings (SSSR count). The van der Waals surface area contributed by atoms with Crippen LogP contribution in [0.5, 0.6) is 0 Å². The van der Waals surface area contributed by atoms with Crippen LogP contribution in [0.1, 0.15) is 74.1 Å². The molecular formula is C32H34N2O2. The Kier molecular flexibility index (Phi) is 7.04. The Morgan fingerprint density at radius 2 is 1.61 bits per heavy atom. The summed E-state index contributed by atoms with van der Waals surface area (Å²) in [7, 11) is 0. The maximum Gasteiger partial charge on any atom is 0.227 e. The summed E-state index contributed by atoms with van der Waals surface area (Å²) >= 11 is 0. The first kappa shape index (κ1) is 24.1. The standard InChI is InChI=1S/C32H34N2O2/c1-3-4-6-15-30(36)34-28-14-10-9-13-26(28)33-27-20-25(23-11-7-5-8-12-23)21-29(35)31(27)32(34)24-18-16-22(2)17-19-24/h5,7-14,16-19,25,32-33H,3-4,6,15,20-21H2,1-2H3. The number of unbranched alkanes of at least 4 members (excludes halogenated alkanes) is 2. The van der Waals surface area contributed by atoms with E-state index in [1.807, 2.05) is 47.4 Å². The Morgan fingerprint density at radius 3 is 2.36 bits per heavy atom. The summed E-state index contributed by atoms with van der Waals surface area (Å²) in [5, 5.41) is 3.62. The maximum absolute atomic E-state index is 14.0. The van der Waals surface area contributed by atoms with Gasteiger partial charge >= 0.3 is 0 Å². The molecule has 3 aromatic carbocycles. The Morgan fingerprint density at radius 1 is 0.889 bits per heavy atom. The molecule has 0 spiro atoms. The molecule has 0 saturated carbocycles. The molecule has 1 aliphatic heterocycles. The lowest BCUT2D eigenvalue weighted by atomic mass is 9.78. The van der Waals surface area contributed by atoms with E-state index >= 15 is 0 Å². The van der Waals surface area contributed by atoms with Crippen molar-refractivity contribution in [3.05, 3.63) is 107 Å². The van der Waals surface area contributed by atoms with Crippen LogP contribution in [0.15, 0.2) is 90.1 Å². The van der Waals surface area contributed by atoms with Crippen molar-refractivity contribution in [3.8, 4) is 0 Å². The summed E-state index contributed by atoms with van der Waals surface area (Å²) in [5.74, 6) is 0.292. The van der Waals surface area contributed by atoms with Crippen LogP contribution in [0, 0.1) is 6.92 Å². The Hall–Kier alpha value is -3.66. The minimum absolute atomic E-state index is 0.0648. The lowest BCUT2D eigenvalue weighted by molar-refractivity contribution is -0.119. The second-order valence-corrected chi connectivity index (χ2v) is 10.0. The number of carbonyl (C=O) groups is 2. The van der Waals surface area contributed by atoms with Crippen molar-refractivity contribution < 1.29 is 9.59 Å². The molecule has 1 N–H and O–H groups in total. The van der Waals surface area contributed by atoms with Gasteiger partial charge in [-0.1, -0.05) is 92.1 Å². The van der Waals surface area contributed by atoms with E-state index in [0.29, 0.717) is 12.8 Å². The van der Waals surface area contributed by atoms with E-state index in [2.05, 4.69) is 55.6 Å². The van der Waals surface area contributed by atoms with Crippen molar-refractivity contribution in [2.45, 2.75) is 64.3 Å². The third-order valence-corrected chi connectivity index (χ3v) is 7.42. The third-order valence-electron chi connectivity index (χ3n) is 7.42. The second kappa shape index (κ2) is 10.5. The number of hydrogen-bond acceptors (Lipinski definition) is 3. The van der Waals surface area contributed by atoms with Crippen molar-refractivity contribution in [3.63, 3.8) is 0 Å². The van der Waals surface area contributed by atoms with E-state index in [-0.39, 0.29) is 17.6 Å². The van der Waals surface area contributed by atoms with Gasteiger partial charge in [-0.05, 0) is 48.9 Å². The zero-order chi connectivity index (χ0) is 25.1. The van der Waals surface area contributed by atoms with Gasteiger partial charge in [-0.25, -0.2) is 0 Å². The average molecular weight is 479 g/mol. The number of nitrogens with zero attached hydrogens (tertiary/aromatic N) is 1. The molecule has 36 heavy (non-hydrogen) atoms. The van der Waals surface area contributed by atoms with Gasteiger partial charge < -0.3 is 5.32 Å². The number of Topliss-reactive ketones (excluding diaryl/α,β-unsaturated/α-hetero) is 1. The molecule has 0 aromatic heterocycles. The summed E-state index contributed by atoms with van der Waals surface area (Å²) < 4.78 is 0. The van der Waals surface area contributed by atoms with E-state index < -0.39 is 6.04 Å². The molecule has 1 amide bonds. The average Bonchev–Trinajstić information content (AvgIpc) is 3.04. The molecule has 0 fully saturated rings. The first-order valence-corrected chi connectivity index (χ1v) is 13.1. The van der Waals surface area contributed by atoms with Crippen LogP contribution in [-0.4, -0.2) is 11.7 Å². The van der Waals surface area contributed by atoms with Gasteiger partial charge in [-0.15, -0.1) is 0 Å². The van der Waals surface area contributed by atoms with Gasteiger partial charge in [0.25, 0.3) is 0 Å². The van der Waals surface area contributed by atoms with Crippen LogP contribution in [0.25, 0.3) is 0 Å². The number of aryl methyl sites for hydroxylation is 1. The largest absolute Gasteiger partial charge is 0.357 e. The van der Waals surface area contributed by atoms with Crippen molar-refractivity contribution in [2.24, 2.45) is 0 Å². The number of para-hydroxylation sites is 2. The minimum atomic E-state index is -0.449. The molecule has 2 aliphatic rings. The van der Waals surface area contributed by atoms with Crippen molar-refractivity contribution in [2.75, 3.05) is 10.2 Å². The van der Waals surface area contributed by atoms with Crippen LogP contribution < -0.4 is 10.2 Å². The topological polar surface area (TPSA) is 49.4 Å². The van der Waals surface area contributed by atoms with Gasteiger partial charge in [-0.3, -0.25) is 14.5 Å². The van der Waals surface area contributed by atoms with Gasteiger partial charge in [0.15, 0.2) is 5.78 Å². The highest BCUT2D eigenvalue weighted by atomic mass is 16.2. The number of rotatable bonds is 6. The Labute approximate surface area is 214 Å². The monoisotopic (exact) mass is 478 g/mol. The first-order valence-electron chi connectivity index (χ1n) is 13.1. The molecule has 2 atom stereocenters. The van der Waals surface area contributed by atoms with Gasteiger partial charge in [0, 0.05) is 24.1 Å². The molecule has 2 unspecified atom stereocenters. The molecule has 4 nitrogen and oxygen atoms in total. The van der Waals surface area contributed by atoms with Crippen LogP contribution in [0.3, 0.4) is 0 Å². The molecular weight excluding hydrogens is 444 g/mol. The number of allylic oxidation sites excluding steroid dienone is 1. The number of fused-ring (bicyclic) bond motifs is 1. The Bertz CT molecular complexity index is 1280. The smallest absolute Gasteiger partial charge is 0.227 e. The highest BCUT2D eigenvalue weighted by molar-refractivity contribution is 6.06. The number of hydrogen-bond donors (Lipinski definition) is 1. The molecule has 0 saturated heterocycles. The summed E-state index contributed by atoms with van der Waals surface area (Å²) in [4.78, 5) is 29.7. The number of anilines is 2.